The van der Waals surface area contributed by atoms with Gasteiger partial charge >= 0.3 is 0 Å². The molecule has 0 heterocycles. The van der Waals surface area contributed by atoms with Crippen molar-refractivity contribution in [2.45, 2.75) is 38.0 Å². The topological polar surface area (TPSA) is 40.5 Å². The Morgan fingerprint density at radius 2 is 1.60 bits per heavy atom. The van der Waals surface area contributed by atoms with Crippen LogP contribution in [0.3, 0.4) is 0 Å². The molecule has 20 heavy (non-hydrogen) atoms. The lowest BCUT2D eigenvalue weighted by atomic mass is 9.75. The van der Waals surface area contributed by atoms with Gasteiger partial charge in [0.25, 0.3) is 0 Å². The number of fused-ring (bicyclic) bond motifs is 1. The number of aromatic hydroxyl groups is 2. The Balaban J connectivity index is 1.98. The minimum absolute atomic E-state index is 0.0932. The van der Waals surface area contributed by atoms with Crippen molar-refractivity contribution in [2.24, 2.45) is 0 Å². The predicted molar refractivity (Wildman–Crippen MR) is 80.2 cm³/mol. The van der Waals surface area contributed by atoms with E-state index in [0.29, 0.717) is 11.5 Å². The molecule has 2 nitrogen and oxygen atoms in total. The van der Waals surface area contributed by atoms with Crippen LogP contribution in [0.4, 0.5) is 0 Å². The first kappa shape index (κ1) is 13.0. The van der Waals surface area contributed by atoms with Crippen LogP contribution in [0.25, 0.3) is 0 Å². The summed E-state index contributed by atoms with van der Waals surface area (Å²) in [4.78, 5) is 0. The zero-order chi connectivity index (χ0) is 14.2. The molecule has 0 saturated heterocycles. The van der Waals surface area contributed by atoms with Crippen molar-refractivity contribution in [3.8, 4) is 11.5 Å². The van der Waals surface area contributed by atoms with Crippen LogP contribution < -0.4 is 0 Å². The highest BCUT2D eigenvalue weighted by atomic mass is 16.3. The van der Waals surface area contributed by atoms with Gasteiger partial charge in [0.15, 0.2) is 0 Å². The van der Waals surface area contributed by atoms with Gasteiger partial charge in [-0.2, -0.15) is 0 Å². The third-order valence-corrected chi connectivity index (χ3v) is 4.51. The maximum atomic E-state index is 9.63. The minimum atomic E-state index is 0.0932. The van der Waals surface area contributed by atoms with E-state index in [4.69, 9.17) is 0 Å². The van der Waals surface area contributed by atoms with Gasteiger partial charge in [-0.25, -0.2) is 0 Å². The Labute approximate surface area is 119 Å². The molecule has 1 unspecified atom stereocenters. The third kappa shape index (κ3) is 2.38. The van der Waals surface area contributed by atoms with Crippen LogP contribution in [0, 0.1) is 0 Å². The molecule has 2 aromatic rings. The molecule has 1 atom stereocenters. The highest BCUT2D eigenvalue weighted by Gasteiger charge is 2.29. The van der Waals surface area contributed by atoms with Crippen molar-refractivity contribution < 1.29 is 10.2 Å². The van der Waals surface area contributed by atoms with Gasteiger partial charge < -0.3 is 10.2 Å². The van der Waals surface area contributed by atoms with Crippen LogP contribution in [-0.2, 0) is 18.3 Å². The number of benzene rings is 2. The first-order valence-corrected chi connectivity index (χ1v) is 7.17. The fraction of sp³-hybridized carbons (Fsp3) is 0.333. The van der Waals surface area contributed by atoms with Crippen molar-refractivity contribution >= 4 is 0 Å². The van der Waals surface area contributed by atoms with Crippen molar-refractivity contribution in [3.63, 3.8) is 0 Å². The van der Waals surface area contributed by atoms with Crippen LogP contribution >= 0.6 is 0 Å². The van der Waals surface area contributed by atoms with E-state index in [-0.39, 0.29) is 5.41 Å². The van der Waals surface area contributed by atoms with Gasteiger partial charge in [-0.3, -0.25) is 0 Å². The van der Waals surface area contributed by atoms with Crippen LogP contribution in [0.15, 0.2) is 42.5 Å². The Morgan fingerprint density at radius 3 is 2.35 bits per heavy atom. The largest absolute Gasteiger partial charge is 0.508 e. The summed E-state index contributed by atoms with van der Waals surface area (Å²) in [5, 5.41) is 19.1. The maximum Gasteiger partial charge on any atom is 0.115 e. The first-order chi connectivity index (χ1) is 9.57. The molecule has 0 spiro atoms. The van der Waals surface area contributed by atoms with Crippen LogP contribution in [-0.4, -0.2) is 10.2 Å². The molecule has 2 heteroatoms. The van der Waals surface area contributed by atoms with Gasteiger partial charge in [0, 0.05) is 0 Å². The maximum absolute atomic E-state index is 9.63. The summed E-state index contributed by atoms with van der Waals surface area (Å²) in [7, 11) is 0. The second-order valence-corrected chi connectivity index (χ2v) is 6.09. The lowest BCUT2D eigenvalue weighted by molar-refractivity contribution is 0.427. The van der Waals surface area contributed by atoms with Gasteiger partial charge in [-0.05, 0) is 72.1 Å². The van der Waals surface area contributed by atoms with E-state index in [9.17, 15) is 10.2 Å². The SMILES string of the molecule is CC1(c2ccc(O)cc2)CCCc2cc(O)ccc2C1. The Morgan fingerprint density at radius 1 is 0.900 bits per heavy atom. The van der Waals surface area contributed by atoms with Gasteiger partial charge in [-0.1, -0.05) is 25.1 Å². The molecular weight excluding hydrogens is 248 g/mol. The standard InChI is InChI=1S/C18H20O2/c1-18(15-5-8-16(19)9-6-15)10-2-3-13-11-17(20)7-4-14(13)12-18/h4-9,11,19-20H,2-3,10,12H2,1H3. The normalized spacial score (nSPS) is 22.1. The number of hydrogen-bond donors (Lipinski definition) is 2. The van der Waals surface area contributed by atoms with Gasteiger partial charge in [-0.15, -0.1) is 0 Å². The Hall–Kier alpha value is -1.96. The molecule has 1 aliphatic carbocycles. The molecule has 104 valence electrons. The summed E-state index contributed by atoms with van der Waals surface area (Å²) in [5.41, 5.74) is 3.97. The van der Waals surface area contributed by atoms with Gasteiger partial charge in [0.1, 0.15) is 11.5 Å². The Bertz CT molecular complexity index is 616. The second kappa shape index (κ2) is 4.86. The fourth-order valence-corrected chi connectivity index (χ4v) is 3.31. The highest BCUT2D eigenvalue weighted by molar-refractivity contribution is 5.40. The highest BCUT2D eigenvalue weighted by Crippen LogP contribution is 2.38. The van der Waals surface area contributed by atoms with Crippen molar-refractivity contribution in [1.29, 1.82) is 0 Å². The smallest absolute Gasteiger partial charge is 0.115 e. The third-order valence-electron chi connectivity index (χ3n) is 4.51. The van der Waals surface area contributed by atoms with Crippen molar-refractivity contribution in [1.82, 2.24) is 0 Å². The lowest BCUT2D eigenvalue weighted by Gasteiger charge is -2.29. The van der Waals surface area contributed by atoms with E-state index in [1.54, 1.807) is 18.2 Å². The summed E-state index contributed by atoms with van der Waals surface area (Å²) in [6, 6.07) is 13.3. The molecule has 0 fully saturated rings. The van der Waals surface area contributed by atoms with E-state index in [1.807, 2.05) is 18.2 Å². The molecule has 0 radical (unpaired) electrons. The molecular formula is C18H20O2. The Kier molecular flexibility index (Phi) is 3.17. The molecule has 0 aromatic heterocycles. The van der Waals surface area contributed by atoms with Crippen molar-refractivity contribution in [2.75, 3.05) is 0 Å². The monoisotopic (exact) mass is 268 g/mol. The molecule has 0 bridgehead atoms. The van der Waals surface area contributed by atoms with E-state index in [1.165, 1.54) is 16.7 Å². The minimum Gasteiger partial charge on any atom is -0.508 e. The first-order valence-electron chi connectivity index (χ1n) is 7.17. The van der Waals surface area contributed by atoms with Gasteiger partial charge in [0.05, 0.1) is 0 Å². The number of hydrogen-bond acceptors (Lipinski definition) is 2. The molecule has 2 aromatic carbocycles. The van der Waals surface area contributed by atoms with E-state index >= 15 is 0 Å². The second-order valence-electron chi connectivity index (χ2n) is 6.09. The average Bonchev–Trinajstić information content (AvgIpc) is 2.58. The van der Waals surface area contributed by atoms with Crippen LogP contribution in [0.1, 0.15) is 36.5 Å². The molecule has 0 amide bonds. The fourth-order valence-electron chi connectivity index (χ4n) is 3.31. The zero-order valence-electron chi connectivity index (χ0n) is 11.8. The van der Waals surface area contributed by atoms with Crippen LogP contribution in [0.5, 0.6) is 11.5 Å². The molecule has 2 N–H and O–H groups in total. The van der Waals surface area contributed by atoms with Crippen LogP contribution in [0.2, 0.25) is 0 Å². The predicted octanol–water partition coefficient (Wildman–Crippen LogP) is 3.93. The molecule has 3 rings (SSSR count). The lowest BCUT2D eigenvalue weighted by Crippen LogP contribution is -2.24. The zero-order valence-corrected chi connectivity index (χ0v) is 11.8. The molecule has 0 aliphatic heterocycles. The number of phenols is 2. The summed E-state index contributed by atoms with van der Waals surface area (Å²) in [5.74, 6) is 0.674. The quantitative estimate of drug-likeness (QED) is 0.769. The molecule has 0 saturated carbocycles. The van der Waals surface area contributed by atoms with Gasteiger partial charge in [0.2, 0.25) is 0 Å². The summed E-state index contributed by atoms with van der Waals surface area (Å²) in [6.07, 6.45) is 4.24. The van der Waals surface area contributed by atoms with E-state index in [0.717, 1.165) is 25.7 Å². The van der Waals surface area contributed by atoms with E-state index in [2.05, 4.69) is 13.0 Å². The average molecular weight is 268 g/mol. The summed E-state index contributed by atoms with van der Waals surface area (Å²) >= 11 is 0. The van der Waals surface area contributed by atoms with Crippen molar-refractivity contribution in [3.05, 3.63) is 59.2 Å². The summed E-state index contributed by atoms with van der Waals surface area (Å²) in [6.45, 7) is 2.29. The number of aryl methyl sites for hydroxylation is 1. The number of phenolic OH excluding ortho intramolecular Hbond substituents is 2. The van der Waals surface area contributed by atoms with E-state index < -0.39 is 0 Å². The number of rotatable bonds is 1. The summed E-state index contributed by atoms with van der Waals surface area (Å²) < 4.78 is 0. The molecule has 1 aliphatic rings.